The molecule has 0 radical (unpaired) electrons. The fraction of sp³-hybridized carbons (Fsp3) is 0.235. The highest BCUT2D eigenvalue weighted by molar-refractivity contribution is 9.10. The quantitative estimate of drug-likeness (QED) is 0.797. The molecule has 0 fully saturated rings. The van der Waals surface area contributed by atoms with Gasteiger partial charge in [0.25, 0.3) is 5.91 Å². The smallest absolute Gasteiger partial charge is 0.416 e. The van der Waals surface area contributed by atoms with Gasteiger partial charge in [0.15, 0.2) is 6.10 Å². The van der Waals surface area contributed by atoms with Crippen molar-refractivity contribution in [2.24, 2.45) is 0 Å². The number of hydrogen-bond acceptors (Lipinski definition) is 2. The van der Waals surface area contributed by atoms with E-state index in [4.69, 9.17) is 4.74 Å². The van der Waals surface area contributed by atoms with Gasteiger partial charge in [0, 0.05) is 11.0 Å². The van der Waals surface area contributed by atoms with Gasteiger partial charge in [0.1, 0.15) is 5.75 Å². The molecule has 3 nitrogen and oxygen atoms in total. The molecule has 0 saturated carbocycles. The minimum absolute atomic E-state index is 0.130. The molecule has 0 heterocycles. The Morgan fingerprint density at radius 3 is 2.25 bits per heavy atom. The number of alkyl halides is 3. The maximum absolute atomic E-state index is 12.5. The maximum atomic E-state index is 12.5. The Morgan fingerprint density at radius 2 is 1.71 bits per heavy atom. The van der Waals surface area contributed by atoms with E-state index in [0.717, 1.165) is 16.6 Å². The number of hydrogen-bond donors (Lipinski definition) is 1. The van der Waals surface area contributed by atoms with Crippen molar-refractivity contribution in [3.8, 4) is 5.75 Å². The van der Waals surface area contributed by atoms with Crippen LogP contribution in [0.1, 0.15) is 18.1 Å². The molecule has 1 N–H and O–H groups in total. The van der Waals surface area contributed by atoms with Crippen LogP contribution in [0, 0.1) is 0 Å². The van der Waals surface area contributed by atoms with Crippen molar-refractivity contribution in [3.05, 3.63) is 64.1 Å². The molecule has 2 rings (SSSR count). The molecule has 0 spiro atoms. The molecule has 0 bridgehead atoms. The first-order valence-corrected chi connectivity index (χ1v) is 7.91. The first-order chi connectivity index (χ1) is 11.3. The summed E-state index contributed by atoms with van der Waals surface area (Å²) in [7, 11) is 0. The Balaban J connectivity index is 1.86. The van der Waals surface area contributed by atoms with Gasteiger partial charge in [-0.15, -0.1) is 0 Å². The molecule has 0 aliphatic rings. The first kappa shape index (κ1) is 18.3. The number of halogens is 4. The lowest BCUT2D eigenvalue weighted by molar-refractivity contribution is -0.137. The second-order valence-corrected chi connectivity index (χ2v) is 6.04. The predicted octanol–water partition coefficient (Wildman–Crippen LogP) is 4.55. The maximum Gasteiger partial charge on any atom is 0.416 e. The highest BCUT2D eigenvalue weighted by atomic mass is 79.9. The number of benzene rings is 2. The van der Waals surface area contributed by atoms with E-state index in [1.807, 2.05) is 0 Å². The Morgan fingerprint density at radius 1 is 1.12 bits per heavy atom. The van der Waals surface area contributed by atoms with Crippen LogP contribution in [0.3, 0.4) is 0 Å². The highest BCUT2D eigenvalue weighted by Gasteiger charge is 2.29. The van der Waals surface area contributed by atoms with Crippen molar-refractivity contribution < 1.29 is 22.7 Å². The second-order valence-electron chi connectivity index (χ2n) is 5.13. The third-order valence-corrected chi connectivity index (χ3v) is 3.77. The molecule has 2 aromatic carbocycles. The van der Waals surface area contributed by atoms with Crippen LogP contribution >= 0.6 is 15.9 Å². The van der Waals surface area contributed by atoms with Crippen molar-refractivity contribution >= 4 is 21.8 Å². The summed E-state index contributed by atoms with van der Waals surface area (Å²) in [5.74, 6) is 0.202. The van der Waals surface area contributed by atoms with Gasteiger partial charge in [0.2, 0.25) is 0 Å². The van der Waals surface area contributed by atoms with Gasteiger partial charge in [-0.3, -0.25) is 4.79 Å². The lowest BCUT2D eigenvalue weighted by Gasteiger charge is -2.15. The third-order valence-electron chi connectivity index (χ3n) is 3.24. The first-order valence-electron chi connectivity index (χ1n) is 7.12. The monoisotopic (exact) mass is 401 g/mol. The Labute approximate surface area is 146 Å². The zero-order valence-electron chi connectivity index (χ0n) is 12.7. The van der Waals surface area contributed by atoms with Crippen LogP contribution in [0.15, 0.2) is 53.0 Å². The van der Waals surface area contributed by atoms with Gasteiger partial charge >= 0.3 is 6.18 Å². The molecule has 0 aliphatic heterocycles. The van der Waals surface area contributed by atoms with Crippen molar-refractivity contribution in [1.82, 2.24) is 5.32 Å². The van der Waals surface area contributed by atoms with Crippen molar-refractivity contribution in [2.45, 2.75) is 25.7 Å². The second kappa shape index (κ2) is 7.70. The van der Waals surface area contributed by atoms with Crippen molar-refractivity contribution in [3.63, 3.8) is 0 Å². The summed E-state index contributed by atoms with van der Waals surface area (Å²) in [4.78, 5) is 12.0. The van der Waals surface area contributed by atoms with Crippen molar-refractivity contribution in [1.29, 1.82) is 0 Å². The van der Waals surface area contributed by atoms with E-state index < -0.39 is 17.8 Å². The number of nitrogens with one attached hydrogen (secondary N) is 1. The fourth-order valence-electron chi connectivity index (χ4n) is 1.92. The van der Waals surface area contributed by atoms with E-state index in [1.165, 1.54) is 12.1 Å². The average Bonchev–Trinajstić information content (AvgIpc) is 2.54. The van der Waals surface area contributed by atoms with Gasteiger partial charge in [0.05, 0.1) is 5.56 Å². The standard InChI is InChI=1S/C17H15BrF3NO2/c1-11(24-15-8-6-14(18)7-9-15)16(23)22-10-12-2-4-13(5-3-12)17(19,20)21/h2-9,11H,10H2,1H3,(H,22,23). The molecule has 0 aliphatic carbocycles. The largest absolute Gasteiger partial charge is 0.481 e. The van der Waals surface area contributed by atoms with Crippen LogP contribution in [-0.2, 0) is 17.5 Å². The normalized spacial score (nSPS) is 12.5. The highest BCUT2D eigenvalue weighted by Crippen LogP contribution is 2.29. The third kappa shape index (κ3) is 5.26. The van der Waals surface area contributed by atoms with E-state index in [0.29, 0.717) is 11.3 Å². The molecule has 24 heavy (non-hydrogen) atoms. The Kier molecular flexibility index (Phi) is 5.88. The minimum atomic E-state index is -4.37. The van der Waals surface area contributed by atoms with Crippen LogP contribution in [-0.4, -0.2) is 12.0 Å². The van der Waals surface area contributed by atoms with E-state index in [9.17, 15) is 18.0 Å². The minimum Gasteiger partial charge on any atom is -0.481 e. The molecule has 1 atom stereocenters. The van der Waals surface area contributed by atoms with Crippen LogP contribution in [0.5, 0.6) is 5.75 Å². The molecule has 0 aromatic heterocycles. The van der Waals surface area contributed by atoms with Gasteiger partial charge in [-0.2, -0.15) is 13.2 Å². The molecular formula is C17H15BrF3NO2. The fourth-order valence-corrected chi connectivity index (χ4v) is 2.18. The number of rotatable bonds is 5. The Bertz CT molecular complexity index is 684. The summed E-state index contributed by atoms with van der Waals surface area (Å²) in [5, 5.41) is 2.63. The molecule has 0 saturated heterocycles. The van der Waals surface area contributed by atoms with Gasteiger partial charge < -0.3 is 10.1 Å². The predicted molar refractivity (Wildman–Crippen MR) is 87.5 cm³/mol. The van der Waals surface area contributed by atoms with E-state index in [-0.39, 0.29) is 12.5 Å². The number of carbonyl (C=O) groups excluding carboxylic acids is 1. The lowest BCUT2D eigenvalue weighted by atomic mass is 10.1. The molecule has 1 unspecified atom stereocenters. The summed E-state index contributed by atoms with van der Waals surface area (Å²) in [5.41, 5.74) is -0.142. The number of amides is 1. The van der Waals surface area contributed by atoms with Crippen LogP contribution < -0.4 is 10.1 Å². The van der Waals surface area contributed by atoms with Gasteiger partial charge in [-0.1, -0.05) is 28.1 Å². The van der Waals surface area contributed by atoms with E-state index in [2.05, 4.69) is 21.2 Å². The van der Waals surface area contributed by atoms with Crippen LogP contribution in [0.4, 0.5) is 13.2 Å². The summed E-state index contributed by atoms with van der Waals surface area (Å²) >= 11 is 3.30. The zero-order valence-corrected chi connectivity index (χ0v) is 14.3. The summed E-state index contributed by atoms with van der Waals surface area (Å²) in [6, 6.07) is 11.7. The molecule has 1 amide bonds. The molecule has 2 aromatic rings. The Hall–Kier alpha value is -2.02. The van der Waals surface area contributed by atoms with E-state index >= 15 is 0 Å². The zero-order chi connectivity index (χ0) is 17.7. The number of carbonyl (C=O) groups is 1. The van der Waals surface area contributed by atoms with Gasteiger partial charge in [-0.05, 0) is 48.9 Å². The van der Waals surface area contributed by atoms with Gasteiger partial charge in [-0.25, -0.2) is 0 Å². The average molecular weight is 402 g/mol. The lowest BCUT2D eigenvalue weighted by Crippen LogP contribution is -2.35. The van der Waals surface area contributed by atoms with Crippen molar-refractivity contribution in [2.75, 3.05) is 0 Å². The number of ether oxygens (including phenoxy) is 1. The molecule has 128 valence electrons. The summed E-state index contributed by atoms with van der Waals surface area (Å²) in [6.07, 6.45) is -5.09. The topological polar surface area (TPSA) is 38.3 Å². The summed E-state index contributed by atoms with van der Waals surface area (Å²) < 4.78 is 43.8. The van der Waals surface area contributed by atoms with Crippen LogP contribution in [0.25, 0.3) is 0 Å². The summed E-state index contributed by atoms with van der Waals surface area (Å²) in [6.45, 7) is 1.73. The molecular weight excluding hydrogens is 387 g/mol. The van der Waals surface area contributed by atoms with E-state index in [1.54, 1.807) is 31.2 Å². The molecule has 7 heteroatoms. The van der Waals surface area contributed by atoms with Crippen LogP contribution in [0.2, 0.25) is 0 Å². The SMILES string of the molecule is CC(Oc1ccc(Br)cc1)C(=O)NCc1ccc(C(F)(F)F)cc1.